The number of Topliss-reactive ketones (excluding diaryl/α,β-unsaturated/α-hetero) is 1. The first kappa shape index (κ1) is 13.6. The number of hydrogen-bond acceptors (Lipinski definition) is 2. The molecule has 11 heavy (non-hydrogen) atoms. The molecule has 68 valence electrons. The average molecular weight is 226 g/mol. The maximum Gasteiger partial charge on any atom is 0.189 e. The summed E-state index contributed by atoms with van der Waals surface area (Å²) in [7, 11) is 5.67. The van der Waals surface area contributed by atoms with Crippen LogP contribution in [0.25, 0.3) is 0 Å². The van der Waals surface area contributed by atoms with Gasteiger partial charge in [0.05, 0.1) is 21.1 Å². The Morgan fingerprint density at radius 1 is 1.45 bits per heavy atom. The summed E-state index contributed by atoms with van der Waals surface area (Å²) < 4.78 is 0.492. The fourth-order valence-corrected chi connectivity index (χ4v) is 0.919. The Morgan fingerprint density at radius 2 is 1.82 bits per heavy atom. The first-order valence-corrected chi connectivity index (χ1v) is 3.32. The van der Waals surface area contributed by atoms with Crippen molar-refractivity contribution in [1.82, 2.24) is 0 Å². The van der Waals surface area contributed by atoms with Crippen LogP contribution in [0, 0.1) is 0 Å². The lowest BCUT2D eigenvalue weighted by atomic mass is 10.2. The smallest absolute Gasteiger partial charge is 0.189 e. The lowest BCUT2D eigenvalue weighted by molar-refractivity contribution is -0.886. The van der Waals surface area contributed by atoms with Gasteiger partial charge in [0.2, 0.25) is 0 Å². The second-order valence-electron chi connectivity index (χ2n) is 3.43. The maximum absolute atomic E-state index is 10.8. The predicted octanol–water partition coefficient (Wildman–Crippen LogP) is -3.35. The number of likely N-dealkylation sites (N-methyl/N-ethyl adjacent to an activating group) is 1. The summed E-state index contributed by atoms with van der Waals surface area (Å²) in [5.74, 6) is 0.0370. The average Bonchev–Trinajstić information content (AvgIpc) is 1.60. The number of rotatable bonds is 3. The van der Waals surface area contributed by atoms with E-state index >= 15 is 0 Å². The van der Waals surface area contributed by atoms with Crippen molar-refractivity contribution in [2.45, 2.75) is 13.0 Å². The lowest BCUT2D eigenvalue weighted by Crippen LogP contribution is -3.00. The van der Waals surface area contributed by atoms with Gasteiger partial charge in [-0.05, 0) is 0 Å². The molecule has 1 unspecified atom stereocenters. The molecule has 0 aromatic carbocycles. The van der Waals surface area contributed by atoms with E-state index in [4.69, 9.17) is 5.11 Å². The molecule has 0 saturated heterocycles. The van der Waals surface area contributed by atoms with Gasteiger partial charge < -0.3 is 26.6 Å². The second-order valence-corrected chi connectivity index (χ2v) is 3.43. The van der Waals surface area contributed by atoms with Gasteiger partial charge in [-0.3, -0.25) is 4.79 Å². The molecule has 3 nitrogen and oxygen atoms in total. The van der Waals surface area contributed by atoms with Gasteiger partial charge in [0.15, 0.2) is 11.8 Å². The molecular weight excluding hydrogens is 210 g/mol. The highest BCUT2D eigenvalue weighted by Crippen LogP contribution is 2.02. The summed E-state index contributed by atoms with van der Waals surface area (Å²) >= 11 is 0. The normalized spacial score (nSPS) is 13.5. The van der Waals surface area contributed by atoms with Crippen molar-refractivity contribution in [3.63, 3.8) is 0 Å². The molecule has 0 rings (SSSR count). The Bertz CT molecular complexity index is 131. The number of hydrogen-bond donors (Lipinski definition) is 1. The van der Waals surface area contributed by atoms with Crippen LogP contribution in [-0.4, -0.2) is 49.2 Å². The van der Waals surface area contributed by atoms with Gasteiger partial charge in [-0.1, -0.05) is 0 Å². The number of halogens is 1. The summed E-state index contributed by atoms with van der Waals surface area (Å²) in [6, 6.07) is -0.278. The van der Waals surface area contributed by atoms with Crippen molar-refractivity contribution in [2.75, 3.05) is 27.7 Å². The maximum atomic E-state index is 10.8. The third-order valence-corrected chi connectivity index (χ3v) is 1.58. The number of carbonyl (C=O) groups excluding carboxylic acids is 1. The van der Waals surface area contributed by atoms with Gasteiger partial charge in [-0.2, -0.15) is 0 Å². The Kier molecular flexibility index (Phi) is 6.02. The van der Waals surface area contributed by atoms with Crippen LogP contribution in [-0.2, 0) is 4.79 Å². The number of quaternary nitrogens is 1. The Morgan fingerprint density at radius 3 is 1.82 bits per heavy atom. The molecule has 0 aromatic rings. The van der Waals surface area contributed by atoms with Crippen LogP contribution in [0.4, 0.5) is 0 Å². The number of ketones is 1. The van der Waals surface area contributed by atoms with Gasteiger partial charge in [0, 0.05) is 6.92 Å². The highest BCUT2D eigenvalue weighted by Gasteiger charge is 2.26. The minimum atomic E-state index is -0.278. The van der Waals surface area contributed by atoms with E-state index in [9.17, 15) is 4.79 Å². The van der Waals surface area contributed by atoms with E-state index in [0.717, 1.165) is 0 Å². The van der Waals surface area contributed by atoms with Crippen LogP contribution >= 0.6 is 0 Å². The van der Waals surface area contributed by atoms with Crippen molar-refractivity contribution in [3.05, 3.63) is 0 Å². The highest BCUT2D eigenvalue weighted by atomic mass is 79.9. The first-order chi connectivity index (χ1) is 4.39. The Balaban J connectivity index is 0. The zero-order valence-corrected chi connectivity index (χ0v) is 9.05. The largest absolute Gasteiger partial charge is 1.00 e. The van der Waals surface area contributed by atoms with Crippen LogP contribution in [0.5, 0.6) is 0 Å². The molecule has 1 atom stereocenters. The van der Waals surface area contributed by atoms with E-state index in [2.05, 4.69) is 0 Å². The summed E-state index contributed by atoms with van der Waals surface area (Å²) in [6.45, 7) is 1.43. The Hall–Kier alpha value is 0.0700. The van der Waals surface area contributed by atoms with E-state index in [-0.39, 0.29) is 35.4 Å². The monoisotopic (exact) mass is 225 g/mol. The van der Waals surface area contributed by atoms with E-state index in [1.165, 1.54) is 6.92 Å². The summed E-state index contributed by atoms with van der Waals surface area (Å²) in [5, 5.41) is 8.80. The molecule has 0 spiro atoms. The van der Waals surface area contributed by atoms with Gasteiger partial charge >= 0.3 is 0 Å². The third kappa shape index (κ3) is 4.50. The number of nitrogens with zero attached hydrogens (tertiary/aromatic N) is 1. The second kappa shape index (κ2) is 4.85. The van der Waals surface area contributed by atoms with Crippen LogP contribution in [0.3, 0.4) is 0 Å². The summed E-state index contributed by atoms with van der Waals surface area (Å²) in [6.07, 6.45) is 0. The summed E-state index contributed by atoms with van der Waals surface area (Å²) in [5.41, 5.74) is 0. The molecule has 0 aliphatic heterocycles. The van der Waals surface area contributed by atoms with Gasteiger partial charge in [-0.25, -0.2) is 0 Å². The molecule has 1 N–H and O–H groups in total. The molecular formula is C7H16BrNO2. The molecule has 0 amide bonds. The molecule has 0 saturated carbocycles. The summed E-state index contributed by atoms with van der Waals surface area (Å²) in [4.78, 5) is 10.8. The van der Waals surface area contributed by atoms with E-state index in [0.29, 0.717) is 4.48 Å². The van der Waals surface area contributed by atoms with Crippen LogP contribution < -0.4 is 17.0 Å². The predicted molar refractivity (Wildman–Crippen MR) is 39.6 cm³/mol. The van der Waals surface area contributed by atoms with Crippen LogP contribution in [0.2, 0.25) is 0 Å². The van der Waals surface area contributed by atoms with Crippen molar-refractivity contribution >= 4 is 5.78 Å². The van der Waals surface area contributed by atoms with Crippen molar-refractivity contribution < 1.29 is 31.4 Å². The number of aliphatic hydroxyl groups excluding tert-OH is 1. The zero-order valence-electron chi connectivity index (χ0n) is 7.47. The topological polar surface area (TPSA) is 37.3 Å². The minimum absolute atomic E-state index is 0. The standard InChI is InChI=1S/C7H16NO2.BrH/c1-6(10)7(5-9)8(2,3)4;/h7,9H,5H2,1-4H3;1H/q+1;/p-1. The fourth-order valence-electron chi connectivity index (χ4n) is 0.919. The van der Waals surface area contributed by atoms with E-state index in [1.54, 1.807) is 0 Å². The van der Waals surface area contributed by atoms with Crippen molar-refractivity contribution in [1.29, 1.82) is 0 Å². The number of aliphatic hydroxyl groups is 1. The highest BCUT2D eigenvalue weighted by molar-refractivity contribution is 5.80. The molecule has 0 heterocycles. The minimum Gasteiger partial charge on any atom is -1.00 e. The van der Waals surface area contributed by atoms with Crippen LogP contribution in [0.15, 0.2) is 0 Å². The molecule has 0 aliphatic carbocycles. The quantitative estimate of drug-likeness (QED) is 0.510. The van der Waals surface area contributed by atoms with Crippen molar-refractivity contribution in [3.8, 4) is 0 Å². The molecule has 4 heteroatoms. The molecule has 0 radical (unpaired) electrons. The SMILES string of the molecule is CC(=O)C(CO)[N+](C)(C)C.[Br-]. The first-order valence-electron chi connectivity index (χ1n) is 3.32. The number of carbonyl (C=O) groups is 1. The van der Waals surface area contributed by atoms with E-state index in [1.807, 2.05) is 21.1 Å². The van der Waals surface area contributed by atoms with Crippen molar-refractivity contribution in [2.24, 2.45) is 0 Å². The van der Waals surface area contributed by atoms with Gasteiger partial charge in [0.25, 0.3) is 0 Å². The molecule has 0 aromatic heterocycles. The molecule has 0 aliphatic rings. The fraction of sp³-hybridized carbons (Fsp3) is 0.857. The molecule has 0 bridgehead atoms. The van der Waals surface area contributed by atoms with Crippen LogP contribution in [0.1, 0.15) is 6.92 Å². The van der Waals surface area contributed by atoms with Gasteiger partial charge in [-0.15, -0.1) is 0 Å². The third-order valence-electron chi connectivity index (χ3n) is 1.58. The van der Waals surface area contributed by atoms with E-state index < -0.39 is 0 Å². The lowest BCUT2D eigenvalue weighted by Gasteiger charge is -2.30. The van der Waals surface area contributed by atoms with Gasteiger partial charge in [0.1, 0.15) is 6.61 Å². The Labute approximate surface area is 78.4 Å². The molecule has 0 fully saturated rings. The zero-order chi connectivity index (χ0) is 8.36.